The third-order valence-corrected chi connectivity index (χ3v) is 8.84. The van der Waals surface area contributed by atoms with E-state index in [0.29, 0.717) is 0 Å². The number of hydrogen-bond donors (Lipinski definition) is 1. The van der Waals surface area contributed by atoms with Crippen molar-refractivity contribution in [2.24, 2.45) is 0 Å². The van der Waals surface area contributed by atoms with Crippen molar-refractivity contribution in [2.75, 3.05) is 13.2 Å². The highest BCUT2D eigenvalue weighted by atomic mass is 16.7. The van der Waals surface area contributed by atoms with Crippen molar-refractivity contribution in [3.8, 4) is 0 Å². The van der Waals surface area contributed by atoms with Gasteiger partial charge in [0.1, 0.15) is 37.1 Å². The molecule has 10 atom stereocenters. The lowest BCUT2D eigenvalue weighted by Gasteiger charge is -2.46. The fourth-order valence-corrected chi connectivity index (χ4v) is 6.41. The highest BCUT2D eigenvalue weighted by molar-refractivity contribution is 5.68. The van der Waals surface area contributed by atoms with E-state index in [1.807, 2.05) is 91.0 Å². The summed E-state index contributed by atoms with van der Waals surface area (Å²) in [6.07, 6.45) is -12.5. The molecule has 0 bridgehead atoms. The normalized spacial score (nSPS) is 27.4. The molecule has 2 saturated heterocycles. The molecule has 2 heterocycles. The Morgan fingerprint density at radius 2 is 0.911 bits per heavy atom. The fraction of sp³-hybridized carbons (Fsp3) is 0.463. The topological polar surface area (TPSA) is 181 Å². The minimum atomic E-state index is -1.53. The maximum Gasteiger partial charge on any atom is 0.303 e. The van der Waals surface area contributed by atoms with Gasteiger partial charge < -0.3 is 52.5 Å². The first-order valence-electron chi connectivity index (χ1n) is 18.2. The standard InChI is InChI=1S/C41H48O15/c1-25(42)47-23-33-35(52-26(2)43)37(53-27(3)44)39(54-28(4)45)41(56-33)51-24-32-34(48-20-29-14-8-5-9-15-29)36(49-21-30-16-10-6-11-17-30)38(40(46)55-32)50-22-31-18-12-7-13-19-31/h5-19,32-41,46H,20-24H2,1-4H3. The molecule has 302 valence electrons. The lowest BCUT2D eigenvalue weighted by Crippen LogP contribution is -2.64. The highest BCUT2D eigenvalue weighted by Gasteiger charge is 2.54. The summed E-state index contributed by atoms with van der Waals surface area (Å²) in [5.41, 5.74) is 2.57. The van der Waals surface area contributed by atoms with Gasteiger partial charge in [0.2, 0.25) is 0 Å². The number of esters is 4. The summed E-state index contributed by atoms with van der Waals surface area (Å²) < 4.78 is 59.7. The maximum atomic E-state index is 12.4. The predicted octanol–water partition coefficient (Wildman–Crippen LogP) is 3.56. The van der Waals surface area contributed by atoms with Crippen LogP contribution in [-0.2, 0) is 86.4 Å². The first-order chi connectivity index (χ1) is 27.0. The Morgan fingerprint density at radius 1 is 0.482 bits per heavy atom. The molecule has 2 aliphatic rings. The summed E-state index contributed by atoms with van der Waals surface area (Å²) >= 11 is 0. The molecular weight excluding hydrogens is 732 g/mol. The number of aliphatic hydroxyl groups excluding tert-OH is 1. The molecule has 0 amide bonds. The van der Waals surface area contributed by atoms with E-state index in [1.54, 1.807) is 0 Å². The van der Waals surface area contributed by atoms with Crippen LogP contribution in [0.15, 0.2) is 91.0 Å². The summed E-state index contributed by atoms with van der Waals surface area (Å²) in [6.45, 7) is 4.16. The zero-order valence-corrected chi connectivity index (χ0v) is 31.6. The monoisotopic (exact) mass is 780 g/mol. The first-order valence-corrected chi connectivity index (χ1v) is 18.2. The first kappa shape index (κ1) is 42.4. The van der Waals surface area contributed by atoms with E-state index in [-0.39, 0.29) is 26.4 Å². The Bertz CT molecular complexity index is 1690. The summed E-state index contributed by atoms with van der Waals surface area (Å²) in [7, 11) is 0. The molecule has 0 radical (unpaired) electrons. The molecule has 3 aromatic rings. The van der Waals surface area contributed by atoms with Gasteiger partial charge in [-0.1, -0.05) is 91.0 Å². The van der Waals surface area contributed by atoms with Gasteiger partial charge in [-0.15, -0.1) is 0 Å². The van der Waals surface area contributed by atoms with Gasteiger partial charge in [-0.05, 0) is 16.7 Å². The van der Waals surface area contributed by atoms with E-state index in [0.717, 1.165) is 37.5 Å². The Hall–Kier alpha value is -4.74. The molecule has 1 N–H and O–H groups in total. The van der Waals surface area contributed by atoms with E-state index in [1.165, 1.54) is 6.92 Å². The lowest BCUT2D eigenvalue weighted by atomic mass is 9.97. The minimum Gasteiger partial charge on any atom is -0.463 e. The maximum absolute atomic E-state index is 12.4. The average molecular weight is 781 g/mol. The molecule has 0 aliphatic carbocycles. The van der Waals surface area contributed by atoms with Crippen LogP contribution >= 0.6 is 0 Å². The molecule has 0 aromatic heterocycles. The summed E-state index contributed by atoms with van der Waals surface area (Å²) in [4.78, 5) is 48.7. The molecule has 5 rings (SSSR count). The van der Waals surface area contributed by atoms with E-state index in [4.69, 9.17) is 47.4 Å². The molecule has 0 spiro atoms. The van der Waals surface area contributed by atoms with Crippen LogP contribution in [0.25, 0.3) is 0 Å². The van der Waals surface area contributed by atoms with Crippen LogP contribution in [0.1, 0.15) is 44.4 Å². The quantitative estimate of drug-likeness (QED) is 0.155. The number of hydrogen-bond acceptors (Lipinski definition) is 15. The number of carbonyl (C=O) groups is 4. The van der Waals surface area contributed by atoms with Crippen LogP contribution in [0.5, 0.6) is 0 Å². The second-order valence-electron chi connectivity index (χ2n) is 13.2. The van der Waals surface area contributed by atoms with Gasteiger partial charge in [-0.2, -0.15) is 0 Å². The van der Waals surface area contributed by atoms with Crippen molar-refractivity contribution in [2.45, 2.75) is 109 Å². The van der Waals surface area contributed by atoms with Crippen molar-refractivity contribution in [1.29, 1.82) is 0 Å². The van der Waals surface area contributed by atoms with Crippen molar-refractivity contribution in [3.63, 3.8) is 0 Å². The minimum absolute atomic E-state index is 0.122. The van der Waals surface area contributed by atoms with Crippen molar-refractivity contribution < 1.29 is 71.7 Å². The lowest BCUT2D eigenvalue weighted by molar-refractivity contribution is -0.339. The van der Waals surface area contributed by atoms with Crippen LogP contribution in [0.3, 0.4) is 0 Å². The third-order valence-electron chi connectivity index (χ3n) is 8.84. The molecule has 2 aliphatic heterocycles. The van der Waals surface area contributed by atoms with Gasteiger partial charge in [0.15, 0.2) is 30.9 Å². The Kier molecular flexibility index (Phi) is 15.9. The Balaban J connectivity index is 1.46. The highest BCUT2D eigenvalue weighted by Crippen LogP contribution is 2.33. The molecule has 15 heteroatoms. The Morgan fingerprint density at radius 3 is 1.39 bits per heavy atom. The van der Waals surface area contributed by atoms with Gasteiger partial charge in [0, 0.05) is 27.7 Å². The van der Waals surface area contributed by atoms with Gasteiger partial charge in [0.25, 0.3) is 0 Å². The number of aliphatic hydroxyl groups is 1. The van der Waals surface area contributed by atoms with E-state index in [2.05, 4.69) is 0 Å². The van der Waals surface area contributed by atoms with Crippen LogP contribution in [0.4, 0.5) is 0 Å². The molecule has 56 heavy (non-hydrogen) atoms. The third kappa shape index (κ3) is 12.4. The van der Waals surface area contributed by atoms with E-state index >= 15 is 0 Å². The fourth-order valence-electron chi connectivity index (χ4n) is 6.41. The molecular formula is C41H48O15. The second-order valence-corrected chi connectivity index (χ2v) is 13.2. The van der Waals surface area contributed by atoms with E-state index < -0.39 is 91.9 Å². The Labute approximate surface area is 325 Å². The molecule has 10 unspecified atom stereocenters. The van der Waals surface area contributed by atoms with Gasteiger partial charge in [0.05, 0.1) is 26.4 Å². The molecule has 0 saturated carbocycles. The van der Waals surface area contributed by atoms with Gasteiger partial charge in [-0.25, -0.2) is 0 Å². The molecule has 3 aromatic carbocycles. The van der Waals surface area contributed by atoms with Crippen molar-refractivity contribution in [1.82, 2.24) is 0 Å². The number of benzene rings is 3. The van der Waals surface area contributed by atoms with Crippen LogP contribution in [-0.4, -0.2) is 104 Å². The van der Waals surface area contributed by atoms with E-state index in [9.17, 15) is 24.3 Å². The number of carbonyl (C=O) groups excluding carboxylic acids is 4. The second kappa shape index (κ2) is 21.0. The zero-order chi connectivity index (χ0) is 40.0. The van der Waals surface area contributed by atoms with Gasteiger partial charge >= 0.3 is 23.9 Å². The smallest absolute Gasteiger partial charge is 0.303 e. The average Bonchev–Trinajstić information content (AvgIpc) is 3.17. The summed E-state index contributed by atoms with van der Waals surface area (Å²) in [5.74, 6) is -3.00. The zero-order valence-electron chi connectivity index (χ0n) is 31.6. The van der Waals surface area contributed by atoms with Crippen LogP contribution < -0.4 is 0 Å². The number of rotatable bonds is 17. The van der Waals surface area contributed by atoms with Gasteiger partial charge in [-0.3, -0.25) is 19.2 Å². The van der Waals surface area contributed by atoms with Crippen LogP contribution in [0, 0.1) is 0 Å². The number of ether oxygens (including phenoxy) is 10. The van der Waals surface area contributed by atoms with Crippen molar-refractivity contribution in [3.05, 3.63) is 108 Å². The largest absolute Gasteiger partial charge is 0.463 e. The predicted molar refractivity (Wildman–Crippen MR) is 194 cm³/mol. The molecule has 15 nitrogen and oxygen atoms in total. The summed E-state index contributed by atoms with van der Waals surface area (Å²) in [5, 5.41) is 11.5. The summed E-state index contributed by atoms with van der Waals surface area (Å²) in [6, 6.07) is 28.3. The van der Waals surface area contributed by atoms with Crippen molar-refractivity contribution >= 4 is 23.9 Å². The SMILES string of the molecule is CC(=O)OCC1OC(OCC2OC(O)C(OCc3ccccc3)C(OCc3ccccc3)C2OCc2ccccc2)C(OC(C)=O)C(OC(C)=O)C1OC(C)=O. The van der Waals surface area contributed by atoms with Crippen LogP contribution in [0.2, 0.25) is 0 Å². The molecule has 2 fully saturated rings.